The summed E-state index contributed by atoms with van der Waals surface area (Å²) < 4.78 is 4.70. The molecule has 2 N–H and O–H groups in total. The normalized spacial score (nSPS) is 11.7. The molecular formula is C18H20N2O4S. The first kappa shape index (κ1) is 18.7. The number of carbonyl (C=O) groups is 3. The van der Waals surface area contributed by atoms with Crippen molar-refractivity contribution >= 4 is 34.8 Å². The van der Waals surface area contributed by atoms with E-state index in [0.717, 1.165) is 0 Å². The van der Waals surface area contributed by atoms with Gasteiger partial charge >= 0.3 is 5.97 Å². The van der Waals surface area contributed by atoms with Crippen molar-refractivity contribution in [1.82, 2.24) is 5.32 Å². The lowest BCUT2D eigenvalue weighted by Crippen LogP contribution is -2.47. The van der Waals surface area contributed by atoms with E-state index in [2.05, 4.69) is 10.6 Å². The molecule has 1 aromatic heterocycles. The molecule has 0 fully saturated rings. The molecule has 0 unspecified atom stereocenters. The van der Waals surface area contributed by atoms with Crippen molar-refractivity contribution in [1.29, 1.82) is 0 Å². The van der Waals surface area contributed by atoms with Crippen LogP contribution in [0.3, 0.4) is 0 Å². The maximum atomic E-state index is 12.6. The van der Waals surface area contributed by atoms with Gasteiger partial charge in [-0.25, -0.2) is 4.79 Å². The molecule has 0 saturated carbocycles. The molecular weight excluding hydrogens is 340 g/mol. The van der Waals surface area contributed by atoms with Gasteiger partial charge in [0.15, 0.2) is 0 Å². The monoisotopic (exact) mass is 360 g/mol. The molecule has 2 amide bonds. The summed E-state index contributed by atoms with van der Waals surface area (Å²) in [4.78, 5) is 37.0. The van der Waals surface area contributed by atoms with Gasteiger partial charge in [0.1, 0.15) is 10.9 Å². The molecule has 1 heterocycles. The largest absolute Gasteiger partial charge is 0.465 e. The Balaban J connectivity index is 2.12. The fourth-order valence-electron chi connectivity index (χ4n) is 2.22. The topological polar surface area (TPSA) is 84.5 Å². The van der Waals surface area contributed by atoms with Crippen molar-refractivity contribution in [2.45, 2.75) is 19.9 Å². The van der Waals surface area contributed by atoms with Crippen LogP contribution in [0.4, 0.5) is 5.69 Å². The van der Waals surface area contributed by atoms with Crippen LogP contribution in [0.2, 0.25) is 0 Å². The molecule has 0 aliphatic carbocycles. The van der Waals surface area contributed by atoms with Crippen LogP contribution < -0.4 is 10.6 Å². The first-order chi connectivity index (χ1) is 11.9. The first-order valence-electron chi connectivity index (χ1n) is 7.76. The molecule has 132 valence electrons. The van der Waals surface area contributed by atoms with Crippen LogP contribution >= 0.6 is 11.3 Å². The molecule has 0 saturated heterocycles. The summed E-state index contributed by atoms with van der Waals surface area (Å²) in [5.74, 6) is -1.36. The molecule has 1 atom stereocenters. The Kier molecular flexibility index (Phi) is 6.30. The zero-order chi connectivity index (χ0) is 18.4. The van der Waals surface area contributed by atoms with E-state index in [1.54, 1.807) is 35.7 Å². The van der Waals surface area contributed by atoms with Gasteiger partial charge in [-0.2, -0.15) is 0 Å². The fourth-order valence-corrected chi connectivity index (χ4v) is 2.98. The first-order valence-corrected chi connectivity index (χ1v) is 8.64. The second-order valence-corrected chi connectivity index (χ2v) is 6.62. The van der Waals surface area contributed by atoms with E-state index in [4.69, 9.17) is 4.74 Å². The Morgan fingerprint density at radius 2 is 1.76 bits per heavy atom. The average Bonchev–Trinajstić information content (AvgIpc) is 3.07. The molecule has 0 aliphatic rings. The summed E-state index contributed by atoms with van der Waals surface area (Å²) in [6, 6.07) is 9.58. The second kappa shape index (κ2) is 8.43. The van der Waals surface area contributed by atoms with Crippen molar-refractivity contribution in [2.24, 2.45) is 5.92 Å². The molecule has 0 aliphatic heterocycles. The maximum absolute atomic E-state index is 12.6. The number of methoxy groups -OCH3 is 1. The van der Waals surface area contributed by atoms with Crippen molar-refractivity contribution in [2.75, 3.05) is 12.4 Å². The summed E-state index contributed by atoms with van der Waals surface area (Å²) in [6.45, 7) is 3.68. The Labute approximate surface area is 150 Å². The van der Waals surface area contributed by atoms with Crippen LogP contribution in [0, 0.1) is 5.92 Å². The van der Waals surface area contributed by atoms with Gasteiger partial charge in [0.05, 0.1) is 12.8 Å². The molecule has 7 heteroatoms. The van der Waals surface area contributed by atoms with Gasteiger partial charge in [0, 0.05) is 5.56 Å². The molecule has 0 bridgehead atoms. The number of ether oxygens (including phenoxy) is 1. The zero-order valence-corrected chi connectivity index (χ0v) is 15.1. The molecule has 2 rings (SSSR count). The standard InChI is InChI=1S/C18H20N2O4S/c1-11(2)14(20-16(21)12-7-5-4-6-8-12)17(22)19-13-9-10-25-15(13)18(23)24-3/h4-11,14H,1-3H3,(H,19,22)(H,20,21)/t14-/m1/s1. The van der Waals surface area contributed by atoms with Crippen molar-refractivity contribution < 1.29 is 19.1 Å². The third-order valence-electron chi connectivity index (χ3n) is 3.57. The van der Waals surface area contributed by atoms with E-state index in [9.17, 15) is 14.4 Å². The number of thiophene rings is 1. The lowest BCUT2D eigenvalue weighted by atomic mass is 10.0. The van der Waals surface area contributed by atoms with Gasteiger partial charge in [-0.15, -0.1) is 11.3 Å². The van der Waals surface area contributed by atoms with Crippen molar-refractivity contribution in [3.63, 3.8) is 0 Å². The van der Waals surface area contributed by atoms with Crippen LogP contribution in [-0.2, 0) is 9.53 Å². The molecule has 2 aromatic rings. The summed E-state index contributed by atoms with van der Waals surface area (Å²) in [6.07, 6.45) is 0. The van der Waals surface area contributed by atoms with E-state index in [-0.39, 0.29) is 17.7 Å². The van der Waals surface area contributed by atoms with Gasteiger partial charge < -0.3 is 15.4 Å². The minimum absolute atomic E-state index is 0.132. The number of nitrogens with one attached hydrogen (secondary N) is 2. The Bertz CT molecular complexity index is 755. The van der Waals surface area contributed by atoms with E-state index >= 15 is 0 Å². The molecule has 1 aromatic carbocycles. The van der Waals surface area contributed by atoms with E-state index in [1.807, 2.05) is 19.9 Å². The SMILES string of the molecule is COC(=O)c1sccc1NC(=O)[C@H](NC(=O)c1ccccc1)C(C)C. The van der Waals surface area contributed by atoms with Gasteiger partial charge in [-0.1, -0.05) is 32.0 Å². The minimum atomic E-state index is -0.738. The van der Waals surface area contributed by atoms with Crippen molar-refractivity contribution in [3.8, 4) is 0 Å². The van der Waals surface area contributed by atoms with Gasteiger partial charge in [-0.3, -0.25) is 9.59 Å². The predicted molar refractivity (Wildman–Crippen MR) is 96.8 cm³/mol. The lowest BCUT2D eigenvalue weighted by molar-refractivity contribution is -0.118. The summed E-state index contributed by atoms with van der Waals surface area (Å²) >= 11 is 1.18. The number of carbonyl (C=O) groups excluding carboxylic acids is 3. The number of hydrogen-bond acceptors (Lipinski definition) is 5. The third kappa shape index (κ3) is 4.67. The smallest absolute Gasteiger partial charge is 0.350 e. The molecule has 6 nitrogen and oxygen atoms in total. The average molecular weight is 360 g/mol. The number of benzene rings is 1. The third-order valence-corrected chi connectivity index (χ3v) is 4.46. The van der Waals surface area contributed by atoms with Gasteiger partial charge in [-0.05, 0) is 29.5 Å². The Hall–Kier alpha value is -2.67. The minimum Gasteiger partial charge on any atom is -0.465 e. The van der Waals surface area contributed by atoms with Crippen LogP contribution in [-0.4, -0.2) is 30.9 Å². The van der Waals surface area contributed by atoms with E-state index in [0.29, 0.717) is 16.1 Å². The zero-order valence-electron chi connectivity index (χ0n) is 14.2. The second-order valence-electron chi connectivity index (χ2n) is 5.71. The quantitative estimate of drug-likeness (QED) is 0.776. The lowest BCUT2D eigenvalue weighted by Gasteiger charge is -2.21. The molecule has 0 radical (unpaired) electrons. The highest BCUT2D eigenvalue weighted by molar-refractivity contribution is 7.12. The predicted octanol–water partition coefficient (Wildman–Crippen LogP) is 2.93. The highest BCUT2D eigenvalue weighted by Gasteiger charge is 2.26. The Morgan fingerprint density at radius 1 is 1.08 bits per heavy atom. The maximum Gasteiger partial charge on any atom is 0.350 e. The van der Waals surface area contributed by atoms with E-state index in [1.165, 1.54) is 18.4 Å². The number of anilines is 1. The Morgan fingerprint density at radius 3 is 2.36 bits per heavy atom. The number of hydrogen-bond donors (Lipinski definition) is 2. The van der Waals surface area contributed by atoms with Crippen molar-refractivity contribution in [3.05, 3.63) is 52.2 Å². The number of rotatable bonds is 6. The van der Waals surface area contributed by atoms with Gasteiger partial charge in [0.25, 0.3) is 5.91 Å². The summed E-state index contributed by atoms with van der Waals surface area (Å²) in [7, 11) is 1.28. The molecule has 0 spiro atoms. The van der Waals surface area contributed by atoms with Crippen LogP contribution in [0.5, 0.6) is 0 Å². The molecule has 25 heavy (non-hydrogen) atoms. The van der Waals surface area contributed by atoms with E-state index < -0.39 is 12.0 Å². The van der Waals surface area contributed by atoms with Crippen LogP contribution in [0.1, 0.15) is 33.9 Å². The summed E-state index contributed by atoms with van der Waals surface area (Å²) in [5.41, 5.74) is 0.855. The van der Waals surface area contributed by atoms with Crippen LogP contribution in [0.25, 0.3) is 0 Å². The fraction of sp³-hybridized carbons (Fsp3) is 0.278. The van der Waals surface area contributed by atoms with Crippen LogP contribution in [0.15, 0.2) is 41.8 Å². The number of esters is 1. The number of amides is 2. The summed E-state index contributed by atoms with van der Waals surface area (Å²) in [5, 5.41) is 7.13. The highest BCUT2D eigenvalue weighted by atomic mass is 32.1. The van der Waals surface area contributed by atoms with Gasteiger partial charge in [0.2, 0.25) is 5.91 Å². The highest BCUT2D eigenvalue weighted by Crippen LogP contribution is 2.23.